The van der Waals surface area contributed by atoms with Gasteiger partial charge in [0.05, 0.1) is 0 Å². The minimum absolute atomic E-state index is 1.12. The summed E-state index contributed by atoms with van der Waals surface area (Å²) in [6, 6.07) is 78.8. The molecule has 0 amide bonds. The third-order valence-corrected chi connectivity index (χ3v) is 9.63. The van der Waals surface area contributed by atoms with Crippen LogP contribution in [0.25, 0.3) is 33.4 Å². The molecule has 8 rings (SSSR count). The van der Waals surface area contributed by atoms with E-state index in [2.05, 4.69) is 205 Å². The van der Waals surface area contributed by atoms with Crippen LogP contribution in [0.5, 0.6) is 0 Å². The Balaban J connectivity index is 0.000000438. The van der Waals surface area contributed by atoms with Crippen molar-refractivity contribution in [1.29, 1.82) is 0 Å². The number of rotatable bonds is 8. The molecule has 0 heterocycles. The van der Waals surface area contributed by atoms with Crippen LogP contribution in [0, 0.1) is 0 Å². The minimum Gasteiger partial charge on any atom is -0.345 e. The second-order valence-electron chi connectivity index (χ2n) is 13.6. The van der Waals surface area contributed by atoms with E-state index in [0.29, 0.717) is 0 Å². The molecule has 0 aliphatic carbocycles. The van der Waals surface area contributed by atoms with E-state index in [1.807, 2.05) is 102 Å². The van der Waals surface area contributed by atoms with Crippen LogP contribution in [-0.4, -0.2) is 7.05 Å². The average molecular weight is 799 g/mol. The van der Waals surface area contributed by atoms with Crippen molar-refractivity contribution < 1.29 is 0 Å². The summed E-state index contributed by atoms with van der Waals surface area (Å²) >= 11 is 0. The smallest absolute Gasteiger partial charge is 0.0462 e. The van der Waals surface area contributed by atoms with Crippen molar-refractivity contribution in [1.82, 2.24) is 0 Å². The van der Waals surface area contributed by atoms with Gasteiger partial charge in [0, 0.05) is 35.5 Å². The lowest BCUT2D eigenvalue weighted by Crippen LogP contribution is -2.09. The van der Waals surface area contributed by atoms with Crippen molar-refractivity contribution in [3.63, 3.8) is 0 Å². The number of para-hydroxylation sites is 3. The zero-order chi connectivity index (χ0) is 43.5. The predicted octanol–water partition coefficient (Wildman–Crippen LogP) is 17.8. The van der Waals surface area contributed by atoms with Crippen LogP contribution in [0.3, 0.4) is 0 Å². The van der Waals surface area contributed by atoms with Gasteiger partial charge in [-0.05, 0) is 128 Å². The molecule has 0 N–H and O–H groups in total. The maximum atomic E-state index is 2.33. The van der Waals surface area contributed by atoms with Gasteiger partial charge in [0.15, 0.2) is 0 Å². The summed E-state index contributed by atoms with van der Waals surface area (Å²) < 4.78 is 0. The Morgan fingerprint density at radius 3 is 1.00 bits per heavy atom. The molecule has 0 aliphatic heterocycles. The first-order valence-corrected chi connectivity index (χ1v) is 21.3. The third-order valence-electron chi connectivity index (χ3n) is 9.63. The highest BCUT2D eigenvalue weighted by molar-refractivity contribution is 5.88. The average Bonchev–Trinajstić information content (AvgIpc) is 3.36. The van der Waals surface area contributed by atoms with Crippen molar-refractivity contribution in [3.05, 3.63) is 249 Å². The van der Waals surface area contributed by atoms with Gasteiger partial charge in [0.2, 0.25) is 0 Å². The van der Waals surface area contributed by atoms with Crippen LogP contribution in [0.2, 0.25) is 0 Å². The molecule has 0 aliphatic rings. The lowest BCUT2D eigenvalue weighted by Gasteiger charge is -2.25. The summed E-state index contributed by atoms with van der Waals surface area (Å²) in [7, 11) is 2.11. The van der Waals surface area contributed by atoms with E-state index >= 15 is 0 Å². The molecule has 0 fully saturated rings. The summed E-state index contributed by atoms with van der Waals surface area (Å²) in [5.41, 5.74) is 12.9. The summed E-state index contributed by atoms with van der Waals surface area (Å²) in [5, 5.41) is 0. The highest BCUT2D eigenvalue weighted by Crippen LogP contribution is 2.39. The Bertz CT molecular complexity index is 2300. The molecule has 8 aromatic carbocycles. The van der Waals surface area contributed by atoms with E-state index in [-0.39, 0.29) is 0 Å². The van der Waals surface area contributed by atoms with Gasteiger partial charge >= 0.3 is 0 Å². The van der Waals surface area contributed by atoms with E-state index in [1.54, 1.807) is 0 Å². The van der Waals surface area contributed by atoms with Gasteiger partial charge in [0.1, 0.15) is 0 Å². The minimum atomic E-state index is 1.12. The number of hydrogen-bond acceptors (Lipinski definition) is 2. The first-order valence-electron chi connectivity index (χ1n) is 21.3. The summed E-state index contributed by atoms with van der Waals surface area (Å²) in [6.07, 6.45) is 8.00. The normalized spacial score (nSPS) is 10.1. The Morgan fingerprint density at radius 2 is 0.574 bits per heavy atom. The molecule has 0 radical (unpaired) electrons. The summed E-state index contributed by atoms with van der Waals surface area (Å²) in [6.45, 7) is 12.0. The van der Waals surface area contributed by atoms with E-state index in [4.69, 9.17) is 0 Å². The molecule has 2 heteroatoms. The number of anilines is 5. The fourth-order valence-electron chi connectivity index (χ4n) is 6.29. The first-order chi connectivity index (χ1) is 30.1. The Kier molecular flexibility index (Phi) is 20.4. The summed E-state index contributed by atoms with van der Waals surface area (Å²) in [4.78, 5) is 4.51. The van der Waals surface area contributed by atoms with E-state index in [9.17, 15) is 0 Å². The van der Waals surface area contributed by atoms with Crippen molar-refractivity contribution >= 4 is 28.4 Å². The standard InChI is InChI=1S/C43H34N2.C6H6.2C4H8.C2H6/c1-44(37-16-8-3-9-17-37)38-27-24-35(25-28-38)43-32-36(26-31-42(43)34-14-6-2-7-15-34)33-22-29-41(30-23-33)45(39-18-10-4-11-19-39)40-20-12-5-13-21-40;1-2-4-6-5-3-1;2*1-3-4-2;1-2/h2-32H,1H3;1-6H;2*3-4H,1-2H3;1-2H3/b;;2*4-3-;. The molecule has 308 valence electrons. The molecule has 0 aromatic heterocycles. The molecule has 8 aromatic rings. The molecule has 0 saturated heterocycles. The van der Waals surface area contributed by atoms with Gasteiger partial charge in [-0.1, -0.05) is 196 Å². The van der Waals surface area contributed by atoms with Crippen LogP contribution in [-0.2, 0) is 0 Å². The molecule has 61 heavy (non-hydrogen) atoms. The number of nitrogens with zero attached hydrogens (tertiary/aromatic N) is 2. The van der Waals surface area contributed by atoms with Crippen LogP contribution in [0.15, 0.2) is 249 Å². The van der Waals surface area contributed by atoms with Gasteiger partial charge in [0.25, 0.3) is 0 Å². The number of hydrogen-bond donors (Lipinski definition) is 0. The van der Waals surface area contributed by atoms with E-state index in [1.165, 1.54) is 39.1 Å². The second kappa shape index (κ2) is 26.8. The highest BCUT2D eigenvalue weighted by atomic mass is 15.1. The Morgan fingerprint density at radius 1 is 0.279 bits per heavy atom. The molecule has 2 nitrogen and oxygen atoms in total. The zero-order valence-electron chi connectivity index (χ0n) is 37.1. The molecule has 0 atom stereocenters. The maximum absolute atomic E-state index is 2.33. The Hall–Kier alpha value is -7.16. The fraction of sp³-hybridized carbons (Fsp3) is 0.119. The molecule has 0 spiro atoms. The van der Waals surface area contributed by atoms with Crippen LogP contribution in [0.4, 0.5) is 28.4 Å². The summed E-state index contributed by atoms with van der Waals surface area (Å²) in [5.74, 6) is 0. The van der Waals surface area contributed by atoms with Gasteiger partial charge in [-0.2, -0.15) is 0 Å². The van der Waals surface area contributed by atoms with Crippen molar-refractivity contribution in [2.24, 2.45) is 0 Å². The van der Waals surface area contributed by atoms with Gasteiger partial charge in [-0.15, -0.1) is 0 Å². The zero-order valence-corrected chi connectivity index (χ0v) is 37.1. The lowest BCUT2D eigenvalue weighted by atomic mass is 9.91. The fourth-order valence-corrected chi connectivity index (χ4v) is 6.29. The number of benzene rings is 8. The first kappa shape index (κ1) is 46.5. The SMILES string of the molecule is C/C=C\C.C/C=C\C.CC.CN(c1ccccc1)c1ccc(-c2cc(-c3ccc(N(c4ccccc4)c4ccccc4)cc3)ccc2-c2ccccc2)cc1.c1ccccc1. The van der Waals surface area contributed by atoms with Crippen molar-refractivity contribution in [2.75, 3.05) is 16.8 Å². The molecule has 0 saturated carbocycles. The van der Waals surface area contributed by atoms with Gasteiger partial charge < -0.3 is 9.80 Å². The third kappa shape index (κ3) is 14.3. The monoisotopic (exact) mass is 798 g/mol. The second-order valence-corrected chi connectivity index (χ2v) is 13.6. The topological polar surface area (TPSA) is 6.48 Å². The highest BCUT2D eigenvalue weighted by Gasteiger charge is 2.14. The lowest BCUT2D eigenvalue weighted by molar-refractivity contribution is 1.21. The maximum Gasteiger partial charge on any atom is 0.0462 e. The van der Waals surface area contributed by atoms with Crippen LogP contribution >= 0.6 is 0 Å². The predicted molar refractivity (Wildman–Crippen MR) is 271 cm³/mol. The Labute approximate surface area is 367 Å². The van der Waals surface area contributed by atoms with Crippen LogP contribution in [0.1, 0.15) is 41.5 Å². The molecule has 0 bridgehead atoms. The molecular weight excluding hydrogens is 737 g/mol. The van der Waals surface area contributed by atoms with Crippen molar-refractivity contribution in [3.8, 4) is 33.4 Å². The quantitative estimate of drug-likeness (QED) is 0.141. The van der Waals surface area contributed by atoms with Crippen LogP contribution < -0.4 is 9.80 Å². The number of allylic oxidation sites excluding steroid dienone is 4. The molecular formula is C59H62N2. The van der Waals surface area contributed by atoms with Gasteiger partial charge in [-0.25, -0.2) is 0 Å². The molecule has 0 unspecified atom stereocenters. The van der Waals surface area contributed by atoms with Crippen molar-refractivity contribution in [2.45, 2.75) is 41.5 Å². The van der Waals surface area contributed by atoms with Gasteiger partial charge in [-0.3, -0.25) is 0 Å². The van der Waals surface area contributed by atoms with E-state index in [0.717, 1.165) is 22.7 Å². The largest absolute Gasteiger partial charge is 0.345 e. The van der Waals surface area contributed by atoms with E-state index < -0.39 is 0 Å².